The zero-order chi connectivity index (χ0) is 19.7. The monoisotopic (exact) mass is 380 g/mol. The van der Waals surface area contributed by atoms with Gasteiger partial charge in [-0.1, -0.05) is 6.07 Å². The first-order valence-electron chi connectivity index (χ1n) is 9.16. The van der Waals surface area contributed by atoms with Gasteiger partial charge in [0.2, 0.25) is 5.91 Å². The summed E-state index contributed by atoms with van der Waals surface area (Å²) in [5.41, 5.74) is 3.87. The summed E-state index contributed by atoms with van der Waals surface area (Å²) in [7, 11) is 1.44. The molecule has 144 valence electrons. The highest BCUT2D eigenvalue weighted by molar-refractivity contribution is 5.96. The van der Waals surface area contributed by atoms with Crippen LogP contribution in [0.3, 0.4) is 0 Å². The van der Waals surface area contributed by atoms with Gasteiger partial charge in [0.15, 0.2) is 11.6 Å². The third-order valence-electron chi connectivity index (χ3n) is 5.20. The highest BCUT2D eigenvalue weighted by Crippen LogP contribution is 2.30. The fourth-order valence-electron chi connectivity index (χ4n) is 3.66. The molecule has 0 aliphatic carbocycles. The second-order valence-corrected chi connectivity index (χ2v) is 6.99. The number of hydrogen-bond acceptors (Lipinski definition) is 4. The molecule has 4 rings (SSSR count). The summed E-state index contributed by atoms with van der Waals surface area (Å²) in [6.07, 6.45) is 6.64. The molecule has 1 amide bonds. The van der Waals surface area contributed by atoms with Crippen molar-refractivity contribution in [3.8, 4) is 16.9 Å². The van der Waals surface area contributed by atoms with Crippen LogP contribution in [0.25, 0.3) is 11.1 Å². The molecule has 3 heterocycles. The minimum atomic E-state index is -0.400. The fraction of sp³-hybridized carbons (Fsp3) is 0.286. The van der Waals surface area contributed by atoms with Crippen molar-refractivity contribution >= 4 is 11.7 Å². The van der Waals surface area contributed by atoms with Crippen LogP contribution >= 0.6 is 0 Å². The number of aromatic amines is 1. The van der Waals surface area contributed by atoms with Crippen molar-refractivity contribution in [2.75, 3.05) is 18.6 Å². The second kappa shape index (κ2) is 7.42. The number of ether oxygens (including phenoxy) is 1. The van der Waals surface area contributed by atoms with Crippen molar-refractivity contribution < 1.29 is 13.9 Å². The number of carbonyl (C=O) groups is 1. The zero-order valence-corrected chi connectivity index (χ0v) is 15.8. The topological polar surface area (TPSA) is 71.1 Å². The van der Waals surface area contributed by atoms with Gasteiger partial charge in [-0.3, -0.25) is 14.8 Å². The average Bonchev–Trinajstić information content (AvgIpc) is 3.34. The van der Waals surface area contributed by atoms with Crippen molar-refractivity contribution in [1.29, 1.82) is 0 Å². The largest absolute Gasteiger partial charge is 0.494 e. The van der Waals surface area contributed by atoms with Crippen LogP contribution in [0.4, 0.5) is 10.2 Å². The molecule has 0 radical (unpaired) electrons. The van der Waals surface area contributed by atoms with E-state index in [0.717, 1.165) is 28.7 Å². The minimum absolute atomic E-state index is 0.0475. The Morgan fingerprint density at radius 3 is 2.89 bits per heavy atom. The predicted octanol–water partition coefficient (Wildman–Crippen LogP) is 3.52. The maximum atomic E-state index is 13.6. The van der Waals surface area contributed by atoms with Gasteiger partial charge in [0, 0.05) is 36.0 Å². The Morgan fingerprint density at radius 2 is 2.18 bits per heavy atom. The molecule has 7 heteroatoms. The third kappa shape index (κ3) is 3.35. The molecule has 0 bridgehead atoms. The number of methoxy groups -OCH3 is 1. The van der Waals surface area contributed by atoms with Gasteiger partial charge >= 0.3 is 0 Å². The third-order valence-corrected chi connectivity index (χ3v) is 5.20. The second-order valence-electron chi connectivity index (χ2n) is 6.99. The molecule has 1 aromatic carbocycles. The maximum absolute atomic E-state index is 13.6. The van der Waals surface area contributed by atoms with E-state index in [9.17, 15) is 9.18 Å². The van der Waals surface area contributed by atoms with Gasteiger partial charge in [0.05, 0.1) is 13.3 Å². The van der Waals surface area contributed by atoms with Crippen molar-refractivity contribution in [2.45, 2.75) is 19.8 Å². The van der Waals surface area contributed by atoms with Crippen molar-refractivity contribution in [2.24, 2.45) is 5.92 Å². The SMILES string of the molecule is COc1cc(CC2CCN(c3cc(C)c(-c4cn[nH]c4)cn3)C2=O)ccc1F. The van der Waals surface area contributed by atoms with E-state index >= 15 is 0 Å². The van der Waals surface area contributed by atoms with Crippen LogP contribution in [0.15, 0.2) is 42.9 Å². The maximum Gasteiger partial charge on any atom is 0.231 e. The van der Waals surface area contributed by atoms with Crippen LogP contribution in [0.5, 0.6) is 5.75 Å². The molecule has 1 aliphatic rings. The highest BCUT2D eigenvalue weighted by Gasteiger charge is 2.33. The Morgan fingerprint density at radius 1 is 1.32 bits per heavy atom. The smallest absolute Gasteiger partial charge is 0.231 e. The Hall–Kier alpha value is -3.22. The standard InChI is InChI=1S/C21H21FN4O2/c1-13-7-20(23-12-17(13)16-10-24-25-11-16)26-6-5-15(21(26)27)8-14-3-4-18(22)19(9-14)28-2/h3-4,7,9-12,15H,5-6,8H2,1-2H3,(H,24,25). The first-order valence-corrected chi connectivity index (χ1v) is 9.16. The van der Waals surface area contributed by atoms with Gasteiger partial charge in [-0.2, -0.15) is 5.10 Å². The molecular weight excluding hydrogens is 359 g/mol. The summed E-state index contributed by atoms with van der Waals surface area (Å²) in [4.78, 5) is 19.2. The number of carbonyl (C=O) groups excluding carboxylic acids is 1. The number of halogens is 1. The first-order chi connectivity index (χ1) is 13.6. The molecule has 1 aliphatic heterocycles. The molecule has 28 heavy (non-hydrogen) atoms. The molecule has 0 spiro atoms. The Balaban J connectivity index is 1.51. The summed E-state index contributed by atoms with van der Waals surface area (Å²) in [5.74, 6) is 0.362. The number of amides is 1. The van der Waals surface area contributed by atoms with Crippen LogP contribution in [-0.2, 0) is 11.2 Å². The van der Waals surface area contributed by atoms with Gasteiger partial charge < -0.3 is 4.74 Å². The molecule has 3 aromatic rings. The lowest BCUT2D eigenvalue weighted by molar-refractivity contribution is -0.120. The molecular formula is C21H21FN4O2. The van der Waals surface area contributed by atoms with E-state index in [-0.39, 0.29) is 17.6 Å². The van der Waals surface area contributed by atoms with Crippen LogP contribution < -0.4 is 9.64 Å². The summed E-state index contributed by atoms with van der Waals surface area (Å²) in [5, 5.41) is 6.77. The lowest BCUT2D eigenvalue weighted by Gasteiger charge is -2.17. The predicted molar refractivity (Wildman–Crippen MR) is 104 cm³/mol. The first kappa shape index (κ1) is 18.2. The van der Waals surface area contributed by atoms with Gasteiger partial charge in [-0.15, -0.1) is 0 Å². The number of nitrogens with zero attached hydrogens (tertiary/aromatic N) is 3. The van der Waals surface area contributed by atoms with Crippen molar-refractivity contribution in [1.82, 2.24) is 15.2 Å². The Bertz CT molecular complexity index is 1000. The van der Waals surface area contributed by atoms with E-state index in [4.69, 9.17) is 4.74 Å². The highest BCUT2D eigenvalue weighted by atomic mass is 19.1. The Labute approximate surface area is 162 Å². The fourth-order valence-corrected chi connectivity index (χ4v) is 3.66. The quantitative estimate of drug-likeness (QED) is 0.735. The molecule has 2 aromatic heterocycles. The number of benzene rings is 1. The van der Waals surface area contributed by atoms with E-state index in [1.165, 1.54) is 13.2 Å². The molecule has 1 unspecified atom stereocenters. The van der Waals surface area contributed by atoms with E-state index in [2.05, 4.69) is 15.2 Å². The molecule has 0 saturated carbocycles. The number of nitrogens with one attached hydrogen (secondary N) is 1. The number of rotatable bonds is 5. The summed E-state index contributed by atoms with van der Waals surface area (Å²) in [6, 6.07) is 6.68. The van der Waals surface area contributed by atoms with Crippen LogP contribution in [0.1, 0.15) is 17.5 Å². The minimum Gasteiger partial charge on any atom is -0.494 e. The lowest BCUT2D eigenvalue weighted by atomic mass is 9.98. The lowest BCUT2D eigenvalue weighted by Crippen LogP contribution is -2.28. The number of aryl methyl sites for hydroxylation is 1. The molecule has 1 saturated heterocycles. The number of H-pyrrole nitrogens is 1. The molecule has 6 nitrogen and oxygen atoms in total. The Kier molecular flexibility index (Phi) is 4.81. The van der Waals surface area contributed by atoms with Gasteiger partial charge in [0.25, 0.3) is 0 Å². The number of hydrogen-bond donors (Lipinski definition) is 1. The summed E-state index contributed by atoms with van der Waals surface area (Å²) in [6.45, 7) is 2.62. The van der Waals surface area contributed by atoms with E-state index in [1.54, 1.807) is 29.4 Å². The van der Waals surface area contributed by atoms with Gasteiger partial charge in [0.1, 0.15) is 5.82 Å². The number of aromatic nitrogens is 3. The van der Waals surface area contributed by atoms with E-state index < -0.39 is 5.82 Å². The normalized spacial score (nSPS) is 16.6. The number of anilines is 1. The summed E-state index contributed by atoms with van der Waals surface area (Å²) < 4.78 is 18.6. The average molecular weight is 380 g/mol. The van der Waals surface area contributed by atoms with Gasteiger partial charge in [-0.25, -0.2) is 9.37 Å². The van der Waals surface area contributed by atoms with Crippen molar-refractivity contribution in [3.63, 3.8) is 0 Å². The summed E-state index contributed by atoms with van der Waals surface area (Å²) >= 11 is 0. The van der Waals surface area contributed by atoms with Crippen LogP contribution in [0.2, 0.25) is 0 Å². The van der Waals surface area contributed by atoms with Gasteiger partial charge in [-0.05, 0) is 49.1 Å². The molecule has 1 fully saturated rings. The van der Waals surface area contributed by atoms with Crippen LogP contribution in [-0.4, -0.2) is 34.7 Å². The van der Waals surface area contributed by atoms with Crippen molar-refractivity contribution in [3.05, 3.63) is 59.8 Å². The molecule has 1 atom stereocenters. The van der Waals surface area contributed by atoms with E-state index in [1.807, 2.05) is 19.2 Å². The molecule has 1 N–H and O–H groups in total. The van der Waals surface area contributed by atoms with E-state index in [0.29, 0.717) is 18.8 Å². The zero-order valence-electron chi connectivity index (χ0n) is 15.8. The number of pyridine rings is 1. The van der Waals surface area contributed by atoms with Crippen LogP contribution in [0, 0.1) is 18.7 Å².